The monoisotopic (exact) mass is 255 g/mol. The fourth-order valence-corrected chi connectivity index (χ4v) is 0.939. The third kappa shape index (κ3) is 5.24. The maximum absolute atomic E-state index is 10.6. The quantitative estimate of drug-likeness (QED) is 0.357. The van der Waals surface area contributed by atoms with Crippen molar-refractivity contribution in [2.45, 2.75) is 27.7 Å². The predicted octanol–water partition coefficient (Wildman–Crippen LogP) is 2.76. The second kappa shape index (κ2) is 8.91. The van der Waals surface area contributed by atoms with Gasteiger partial charge >= 0.3 is 5.82 Å². The van der Waals surface area contributed by atoms with Gasteiger partial charge in [0.05, 0.1) is 6.61 Å². The summed E-state index contributed by atoms with van der Waals surface area (Å²) < 4.78 is 5.00. The van der Waals surface area contributed by atoms with Crippen molar-refractivity contribution in [3.63, 3.8) is 0 Å². The van der Waals surface area contributed by atoms with Crippen molar-refractivity contribution in [2.75, 3.05) is 6.61 Å². The number of hydrogen-bond acceptors (Lipinski definition) is 6. The summed E-state index contributed by atoms with van der Waals surface area (Å²) in [5.74, 6) is -0.109. The molecule has 0 bridgehead atoms. The number of aromatic nitrogens is 1. The van der Waals surface area contributed by atoms with E-state index >= 15 is 0 Å². The maximum atomic E-state index is 10.6. The minimum Gasteiger partial charge on any atom is -0.479 e. The smallest absolute Gasteiger partial charge is 0.409 e. The molecule has 7 heteroatoms. The van der Waals surface area contributed by atoms with Crippen LogP contribution in [0.1, 0.15) is 27.7 Å². The van der Waals surface area contributed by atoms with Gasteiger partial charge in [0.25, 0.3) is 5.75 Å². The Balaban J connectivity index is 0.00000137. The van der Waals surface area contributed by atoms with E-state index in [-0.39, 0.29) is 11.6 Å². The van der Waals surface area contributed by atoms with Crippen LogP contribution < -0.4 is 4.84 Å². The van der Waals surface area contributed by atoms with Crippen molar-refractivity contribution in [3.05, 3.63) is 28.4 Å². The van der Waals surface area contributed by atoms with Crippen molar-refractivity contribution in [1.29, 1.82) is 0 Å². The van der Waals surface area contributed by atoms with E-state index in [9.17, 15) is 10.1 Å². The molecule has 0 aromatic carbocycles. The first-order valence-electron chi connectivity index (χ1n) is 5.59. The molecule has 0 fully saturated rings. The number of pyridine rings is 1. The van der Waals surface area contributed by atoms with Crippen LogP contribution in [0.4, 0.5) is 5.82 Å². The highest BCUT2D eigenvalue weighted by atomic mass is 16.7. The summed E-state index contributed by atoms with van der Waals surface area (Å²) in [6, 6.07) is 2.93. The lowest BCUT2D eigenvalue weighted by Crippen LogP contribution is -2.02. The van der Waals surface area contributed by atoms with E-state index in [4.69, 9.17) is 9.57 Å². The molecule has 1 aromatic heterocycles. The fourth-order valence-electron chi connectivity index (χ4n) is 0.939. The van der Waals surface area contributed by atoms with Gasteiger partial charge in [0.2, 0.25) is 5.90 Å². The largest absolute Gasteiger partial charge is 0.479 e. The van der Waals surface area contributed by atoms with Gasteiger partial charge < -0.3 is 19.7 Å². The van der Waals surface area contributed by atoms with Gasteiger partial charge in [-0.05, 0) is 34.1 Å². The second-order valence-electron chi connectivity index (χ2n) is 2.72. The van der Waals surface area contributed by atoms with Gasteiger partial charge in [-0.15, -0.1) is 0 Å². The first-order valence-corrected chi connectivity index (χ1v) is 5.59. The van der Waals surface area contributed by atoms with Gasteiger partial charge in [0.1, 0.15) is 6.20 Å². The molecular formula is C11H17N3O4. The van der Waals surface area contributed by atoms with Crippen molar-refractivity contribution < 1.29 is 14.5 Å². The van der Waals surface area contributed by atoms with Crippen LogP contribution in [0, 0.1) is 10.1 Å². The third-order valence-corrected chi connectivity index (χ3v) is 1.55. The van der Waals surface area contributed by atoms with Gasteiger partial charge in [0, 0.05) is 6.92 Å². The number of rotatable bonds is 4. The Bertz CT molecular complexity index is 407. The highest BCUT2D eigenvalue weighted by Gasteiger charge is 2.15. The zero-order valence-electron chi connectivity index (χ0n) is 10.9. The molecule has 1 aromatic rings. The number of nitrogens with zero attached hydrogens (tertiary/aromatic N) is 3. The zero-order chi connectivity index (χ0) is 14.0. The molecule has 0 unspecified atom stereocenters. The Morgan fingerprint density at radius 3 is 2.78 bits per heavy atom. The zero-order valence-corrected chi connectivity index (χ0v) is 10.9. The normalized spacial score (nSPS) is 10.1. The number of oxime groups is 1. The van der Waals surface area contributed by atoms with Crippen LogP contribution in [0.2, 0.25) is 0 Å². The summed E-state index contributed by atoms with van der Waals surface area (Å²) in [5, 5.41) is 14.2. The Morgan fingerprint density at radius 1 is 1.56 bits per heavy atom. The standard InChI is InChI=1S/C9H11N3O4.C2H6/c1-3-15-7(2)11-16-8-5-4-6-10-9(8)12(13)14;1-2/h4-6H,3H2,1-2H3;1-2H3/b11-7+;. The van der Waals surface area contributed by atoms with Gasteiger partial charge in [-0.1, -0.05) is 13.8 Å². The van der Waals surface area contributed by atoms with Crippen LogP contribution in [0.15, 0.2) is 23.5 Å². The van der Waals surface area contributed by atoms with Gasteiger partial charge in [-0.2, -0.15) is 0 Å². The molecule has 0 atom stereocenters. The van der Waals surface area contributed by atoms with Crippen LogP contribution in [0.5, 0.6) is 5.75 Å². The second-order valence-corrected chi connectivity index (χ2v) is 2.72. The molecule has 0 spiro atoms. The summed E-state index contributed by atoms with van der Waals surface area (Å²) in [6.07, 6.45) is 1.31. The van der Waals surface area contributed by atoms with Crippen LogP contribution in [0.3, 0.4) is 0 Å². The Morgan fingerprint density at radius 2 is 2.22 bits per heavy atom. The van der Waals surface area contributed by atoms with E-state index in [1.165, 1.54) is 18.3 Å². The van der Waals surface area contributed by atoms with E-state index in [2.05, 4.69) is 10.1 Å². The molecule has 1 heterocycles. The molecule has 0 aliphatic carbocycles. The first-order chi connectivity index (χ1) is 8.65. The van der Waals surface area contributed by atoms with Crippen molar-refractivity contribution in [3.8, 4) is 5.75 Å². The molecule has 100 valence electrons. The molecule has 1 rings (SSSR count). The number of ether oxygens (including phenoxy) is 1. The maximum Gasteiger partial charge on any atom is 0.409 e. The lowest BCUT2D eigenvalue weighted by atomic mass is 10.4. The lowest BCUT2D eigenvalue weighted by Gasteiger charge is -2.02. The molecular weight excluding hydrogens is 238 g/mol. The Kier molecular flexibility index (Phi) is 7.83. The number of nitro groups is 1. The molecule has 0 radical (unpaired) electrons. The van der Waals surface area contributed by atoms with E-state index in [0.717, 1.165) is 0 Å². The van der Waals surface area contributed by atoms with Crippen molar-refractivity contribution in [2.24, 2.45) is 5.16 Å². The molecule has 0 aliphatic rings. The Labute approximate surface area is 106 Å². The summed E-state index contributed by atoms with van der Waals surface area (Å²) >= 11 is 0. The van der Waals surface area contributed by atoms with E-state index in [1.54, 1.807) is 13.8 Å². The summed E-state index contributed by atoms with van der Waals surface area (Å²) in [5.41, 5.74) is 0. The van der Waals surface area contributed by atoms with E-state index in [1.807, 2.05) is 13.8 Å². The summed E-state index contributed by atoms with van der Waals surface area (Å²) in [7, 11) is 0. The summed E-state index contributed by atoms with van der Waals surface area (Å²) in [6.45, 7) is 7.84. The highest BCUT2D eigenvalue weighted by molar-refractivity contribution is 5.72. The van der Waals surface area contributed by atoms with Crippen LogP contribution >= 0.6 is 0 Å². The molecule has 0 saturated heterocycles. The van der Waals surface area contributed by atoms with Gasteiger partial charge in [0.15, 0.2) is 0 Å². The SMILES string of the molecule is CC.CCO/C(C)=N/Oc1cccnc1[N+](=O)[O-]. The number of hydrogen-bond donors (Lipinski definition) is 0. The predicted molar refractivity (Wildman–Crippen MR) is 67.6 cm³/mol. The topological polar surface area (TPSA) is 86.8 Å². The van der Waals surface area contributed by atoms with Gasteiger partial charge in [-0.25, -0.2) is 0 Å². The molecule has 18 heavy (non-hydrogen) atoms. The molecule has 0 saturated carbocycles. The van der Waals surface area contributed by atoms with Crippen molar-refractivity contribution >= 4 is 11.7 Å². The van der Waals surface area contributed by atoms with Crippen LogP contribution in [-0.2, 0) is 4.74 Å². The van der Waals surface area contributed by atoms with Crippen LogP contribution in [-0.4, -0.2) is 22.4 Å². The Hall–Kier alpha value is -2.18. The van der Waals surface area contributed by atoms with Gasteiger partial charge in [-0.3, -0.25) is 0 Å². The van der Waals surface area contributed by atoms with Crippen molar-refractivity contribution in [1.82, 2.24) is 4.98 Å². The average Bonchev–Trinajstić information content (AvgIpc) is 2.39. The average molecular weight is 255 g/mol. The third-order valence-electron chi connectivity index (χ3n) is 1.55. The highest BCUT2D eigenvalue weighted by Crippen LogP contribution is 2.22. The van der Waals surface area contributed by atoms with E-state index < -0.39 is 4.92 Å². The van der Waals surface area contributed by atoms with Crippen LogP contribution in [0.25, 0.3) is 0 Å². The lowest BCUT2D eigenvalue weighted by molar-refractivity contribution is -0.390. The first kappa shape index (κ1) is 15.8. The minimum absolute atomic E-state index is 0.0217. The molecule has 0 aliphatic heterocycles. The molecule has 7 nitrogen and oxygen atoms in total. The molecule has 0 amide bonds. The fraction of sp³-hybridized carbons (Fsp3) is 0.455. The van der Waals surface area contributed by atoms with E-state index in [0.29, 0.717) is 12.5 Å². The minimum atomic E-state index is -0.638. The summed E-state index contributed by atoms with van der Waals surface area (Å²) in [4.78, 5) is 18.4. The molecule has 0 N–H and O–H groups in total.